The monoisotopic (exact) mass is 384 g/mol. The minimum Gasteiger partial charge on any atom is -0.354 e. The third-order valence-corrected chi connectivity index (χ3v) is 5.57. The van der Waals surface area contributed by atoms with E-state index < -0.39 is 0 Å². The maximum atomic E-state index is 4.48. The molecule has 1 fully saturated rings. The highest BCUT2D eigenvalue weighted by Gasteiger charge is 2.20. The molecule has 1 atom stereocenters. The Labute approximate surface area is 170 Å². The van der Waals surface area contributed by atoms with Crippen LogP contribution in [-0.2, 0) is 6.54 Å². The zero-order valence-electron chi connectivity index (χ0n) is 16.3. The van der Waals surface area contributed by atoms with Crippen molar-refractivity contribution in [2.75, 3.05) is 18.0 Å². The summed E-state index contributed by atoms with van der Waals surface area (Å²) in [5.41, 5.74) is 4.57. The fourth-order valence-corrected chi connectivity index (χ4v) is 4.02. The lowest BCUT2D eigenvalue weighted by atomic mass is 10.1. The summed E-state index contributed by atoms with van der Waals surface area (Å²) in [5.74, 6) is 0.968. The second-order valence-corrected chi connectivity index (χ2v) is 7.52. The summed E-state index contributed by atoms with van der Waals surface area (Å²) in [7, 11) is 0. The number of hydrogen-bond acceptors (Lipinski definition) is 5. The van der Waals surface area contributed by atoms with Gasteiger partial charge in [0.25, 0.3) is 0 Å². The molecule has 1 saturated heterocycles. The van der Waals surface area contributed by atoms with Crippen molar-refractivity contribution in [3.8, 4) is 5.69 Å². The third kappa shape index (κ3) is 3.84. The van der Waals surface area contributed by atoms with Gasteiger partial charge >= 0.3 is 0 Å². The Morgan fingerprint density at radius 3 is 2.76 bits per heavy atom. The summed E-state index contributed by atoms with van der Waals surface area (Å²) in [5, 5.41) is 12.0. The third-order valence-electron chi connectivity index (χ3n) is 5.57. The van der Waals surface area contributed by atoms with Gasteiger partial charge in [-0.2, -0.15) is 5.10 Å². The van der Waals surface area contributed by atoms with E-state index in [0.29, 0.717) is 6.04 Å². The molecule has 3 heterocycles. The fourth-order valence-electron chi connectivity index (χ4n) is 4.02. The van der Waals surface area contributed by atoms with Crippen molar-refractivity contribution in [3.05, 3.63) is 78.8 Å². The molecular formula is C23H24N6. The summed E-state index contributed by atoms with van der Waals surface area (Å²) < 4.78 is 2.13. The van der Waals surface area contributed by atoms with Crippen LogP contribution in [0.1, 0.15) is 18.4 Å². The maximum absolute atomic E-state index is 4.48. The number of anilines is 1. The average Bonchev–Trinajstić information content (AvgIpc) is 3.23. The number of benzene rings is 2. The number of aromatic nitrogens is 4. The topological polar surface area (TPSA) is 58.9 Å². The molecule has 6 heteroatoms. The normalized spacial score (nSPS) is 17.0. The van der Waals surface area contributed by atoms with E-state index >= 15 is 0 Å². The van der Waals surface area contributed by atoms with Gasteiger partial charge in [0.05, 0.1) is 11.0 Å². The van der Waals surface area contributed by atoms with Gasteiger partial charge in [-0.25, -0.2) is 4.98 Å². The number of fused-ring (bicyclic) bond motifs is 1. The largest absolute Gasteiger partial charge is 0.354 e. The summed E-state index contributed by atoms with van der Waals surface area (Å²) in [6, 6.07) is 21.4. The molecule has 0 bridgehead atoms. The minimum absolute atomic E-state index is 0.461. The lowest BCUT2D eigenvalue weighted by Gasteiger charge is -2.33. The zero-order chi connectivity index (χ0) is 19.5. The van der Waals surface area contributed by atoms with E-state index in [1.807, 2.05) is 36.7 Å². The first kappa shape index (κ1) is 17.8. The van der Waals surface area contributed by atoms with Gasteiger partial charge in [0.1, 0.15) is 6.33 Å². The van der Waals surface area contributed by atoms with Crippen molar-refractivity contribution in [2.45, 2.75) is 25.4 Å². The van der Waals surface area contributed by atoms with Gasteiger partial charge in [-0.3, -0.25) is 4.57 Å². The summed E-state index contributed by atoms with van der Waals surface area (Å²) >= 11 is 0. The van der Waals surface area contributed by atoms with Crippen LogP contribution in [0.15, 0.2) is 73.2 Å². The molecule has 5 rings (SSSR count). The lowest BCUT2D eigenvalue weighted by molar-refractivity contribution is 0.419. The van der Waals surface area contributed by atoms with E-state index in [0.717, 1.165) is 42.2 Å². The average molecular weight is 384 g/mol. The molecule has 0 saturated carbocycles. The Morgan fingerprint density at radius 2 is 1.90 bits per heavy atom. The van der Waals surface area contributed by atoms with Crippen LogP contribution < -0.4 is 10.2 Å². The second kappa shape index (κ2) is 8.01. The molecule has 0 spiro atoms. The molecule has 1 aliphatic heterocycles. The Morgan fingerprint density at radius 1 is 1.00 bits per heavy atom. The van der Waals surface area contributed by atoms with Crippen LogP contribution in [0.2, 0.25) is 0 Å². The highest BCUT2D eigenvalue weighted by Crippen LogP contribution is 2.19. The summed E-state index contributed by atoms with van der Waals surface area (Å²) in [6.07, 6.45) is 5.97. The first-order valence-corrected chi connectivity index (χ1v) is 10.1. The molecule has 4 aromatic rings. The van der Waals surface area contributed by atoms with Crippen LogP contribution in [0.3, 0.4) is 0 Å². The number of imidazole rings is 1. The van der Waals surface area contributed by atoms with Crippen molar-refractivity contribution < 1.29 is 0 Å². The molecule has 1 N–H and O–H groups in total. The van der Waals surface area contributed by atoms with Crippen molar-refractivity contribution in [3.63, 3.8) is 0 Å². The first-order valence-electron chi connectivity index (χ1n) is 10.1. The zero-order valence-corrected chi connectivity index (χ0v) is 16.3. The second-order valence-electron chi connectivity index (χ2n) is 7.52. The first-order chi connectivity index (χ1) is 14.4. The van der Waals surface area contributed by atoms with Gasteiger partial charge in [0.2, 0.25) is 0 Å². The molecule has 146 valence electrons. The quantitative estimate of drug-likeness (QED) is 0.570. The predicted molar refractivity (Wildman–Crippen MR) is 115 cm³/mol. The number of nitrogens with zero attached hydrogens (tertiary/aromatic N) is 5. The lowest BCUT2D eigenvalue weighted by Crippen LogP contribution is -2.45. The van der Waals surface area contributed by atoms with E-state index in [4.69, 9.17) is 0 Å². The van der Waals surface area contributed by atoms with Crippen molar-refractivity contribution >= 4 is 16.9 Å². The number of rotatable bonds is 5. The van der Waals surface area contributed by atoms with Crippen LogP contribution in [0.5, 0.6) is 0 Å². The SMILES string of the molecule is c1cnnc(N2CCCC(NCc3ccc(-n4cnc5ccccc54)cc3)C2)c1. The van der Waals surface area contributed by atoms with Crippen molar-refractivity contribution in [1.82, 2.24) is 25.1 Å². The van der Waals surface area contributed by atoms with E-state index in [1.165, 1.54) is 18.4 Å². The molecule has 2 aromatic carbocycles. The van der Waals surface area contributed by atoms with Crippen molar-refractivity contribution in [1.29, 1.82) is 0 Å². The summed E-state index contributed by atoms with van der Waals surface area (Å²) in [4.78, 5) is 6.80. The maximum Gasteiger partial charge on any atom is 0.151 e. The van der Waals surface area contributed by atoms with Crippen LogP contribution in [0.25, 0.3) is 16.7 Å². The van der Waals surface area contributed by atoms with Gasteiger partial charge < -0.3 is 10.2 Å². The molecule has 29 heavy (non-hydrogen) atoms. The number of nitrogens with one attached hydrogen (secondary N) is 1. The highest BCUT2D eigenvalue weighted by molar-refractivity contribution is 5.77. The van der Waals surface area contributed by atoms with Crippen LogP contribution >= 0.6 is 0 Å². The molecule has 1 unspecified atom stereocenters. The van der Waals surface area contributed by atoms with Gasteiger partial charge in [-0.1, -0.05) is 24.3 Å². The standard InChI is InChI=1S/C23H24N6/c1-2-7-22-21(6-1)25-17-29(22)20-11-9-18(10-12-20)15-24-19-5-4-14-28(16-19)23-8-3-13-26-27-23/h1-3,6-13,17,19,24H,4-5,14-16H2. The number of para-hydroxylation sites is 2. The smallest absolute Gasteiger partial charge is 0.151 e. The van der Waals surface area contributed by atoms with Gasteiger partial charge in [-0.05, 0) is 54.8 Å². The molecule has 0 amide bonds. The van der Waals surface area contributed by atoms with Crippen LogP contribution in [-0.4, -0.2) is 38.9 Å². The minimum atomic E-state index is 0.461. The van der Waals surface area contributed by atoms with E-state index in [9.17, 15) is 0 Å². The molecule has 2 aromatic heterocycles. The Bertz CT molecular complexity index is 1070. The van der Waals surface area contributed by atoms with Gasteiger partial charge in [-0.15, -0.1) is 5.10 Å². The van der Waals surface area contributed by atoms with Gasteiger partial charge in [0, 0.05) is 37.6 Å². The Balaban J connectivity index is 1.22. The highest BCUT2D eigenvalue weighted by atomic mass is 15.3. The Kier molecular flexibility index (Phi) is 4.92. The fraction of sp³-hybridized carbons (Fsp3) is 0.261. The molecular weight excluding hydrogens is 360 g/mol. The molecule has 0 aliphatic carbocycles. The number of piperidine rings is 1. The molecule has 1 aliphatic rings. The van der Waals surface area contributed by atoms with Gasteiger partial charge in [0.15, 0.2) is 5.82 Å². The van der Waals surface area contributed by atoms with E-state index in [-0.39, 0.29) is 0 Å². The summed E-state index contributed by atoms with van der Waals surface area (Å²) in [6.45, 7) is 2.88. The van der Waals surface area contributed by atoms with Crippen LogP contribution in [0, 0.1) is 0 Å². The van der Waals surface area contributed by atoms with Crippen LogP contribution in [0.4, 0.5) is 5.82 Å². The number of hydrogen-bond donors (Lipinski definition) is 1. The van der Waals surface area contributed by atoms with E-state index in [2.05, 4.69) is 60.3 Å². The van der Waals surface area contributed by atoms with Crippen molar-refractivity contribution in [2.24, 2.45) is 0 Å². The van der Waals surface area contributed by atoms with E-state index in [1.54, 1.807) is 6.20 Å². The molecule has 0 radical (unpaired) electrons. The Hall–Kier alpha value is -3.25. The molecule has 6 nitrogen and oxygen atoms in total. The predicted octanol–water partition coefficient (Wildman–Crippen LogP) is 3.57.